The van der Waals surface area contributed by atoms with Crippen LogP contribution in [0.4, 0.5) is 13.2 Å². The third-order valence-corrected chi connectivity index (χ3v) is 4.52. The molecule has 1 saturated heterocycles. The molecule has 2 amide bonds. The number of halogens is 3. The number of nitrogens with zero attached hydrogens (tertiary/aromatic N) is 2. The number of hydrogen-bond acceptors (Lipinski definition) is 5. The monoisotopic (exact) mass is 461 g/mol. The van der Waals surface area contributed by atoms with Crippen molar-refractivity contribution in [1.82, 2.24) is 15.1 Å². The highest BCUT2D eigenvalue weighted by Gasteiger charge is 2.38. The number of hydrogen-bond donors (Lipinski definition) is 2. The molecule has 1 aromatic rings. The molecule has 0 radical (unpaired) electrons. The number of methoxy groups -OCH3 is 1. The number of ether oxygens (including phenoxy) is 1. The number of alkyl halides is 3. The van der Waals surface area contributed by atoms with Crippen molar-refractivity contribution >= 4 is 17.8 Å². The second-order valence-corrected chi connectivity index (χ2v) is 7.56. The topological polar surface area (TPSA) is 99.2 Å². The first kappa shape index (κ1) is 27.2. The van der Waals surface area contributed by atoms with Gasteiger partial charge in [0.15, 0.2) is 0 Å². The molecule has 0 spiro atoms. The zero-order valence-corrected chi connectivity index (χ0v) is 18.4. The number of rotatable bonds is 7. The van der Waals surface area contributed by atoms with Gasteiger partial charge >= 0.3 is 12.1 Å². The van der Waals surface area contributed by atoms with Gasteiger partial charge in [0.2, 0.25) is 5.91 Å². The second kappa shape index (κ2) is 12.9. The van der Waals surface area contributed by atoms with Crippen molar-refractivity contribution in [3.63, 3.8) is 0 Å². The van der Waals surface area contributed by atoms with E-state index in [-0.39, 0.29) is 11.8 Å². The summed E-state index contributed by atoms with van der Waals surface area (Å²) in [4.78, 5) is 37.8. The summed E-state index contributed by atoms with van der Waals surface area (Å²) in [6.45, 7) is 8.41. The molecule has 0 bridgehead atoms. The summed E-state index contributed by atoms with van der Waals surface area (Å²) in [6.07, 6.45) is -4.71. The van der Waals surface area contributed by atoms with Gasteiger partial charge in [-0.25, -0.2) is 4.79 Å². The molecule has 1 fully saturated rings. The Bertz CT molecular complexity index is 748. The number of piperazine rings is 1. The van der Waals surface area contributed by atoms with Crippen molar-refractivity contribution in [3.05, 3.63) is 29.8 Å². The van der Waals surface area contributed by atoms with Crippen LogP contribution >= 0.6 is 0 Å². The van der Waals surface area contributed by atoms with Crippen molar-refractivity contribution in [2.45, 2.75) is 26.4 Å². The van der Waals surface area contributed by atoms with Crippen LogP contribution in [0.25, 0.3) is 0 Å². The zero-order chi connectivity index (χ0) is 24.3. The molecule has 11 heteroatoms. The fourth-order valence-electron chi connectivity index (χ4n) is 2.94. The molecule has 0 atom stereocenters. The quantitative estimate of drug-likeness (QED) is 0.646. The minimum absolute atomic E-state index is 0.0375. The standard InChI is InChI=1S/C19H29N3O3.C2HF3O2/c1-15(2)14-22(11-8-18(23)21-12-9-20-10-13-21)19(24)16-4-6-17(25-3)7-5-16;3-2(4,5)1(6)7/h4-7,15,20H,8-14H2,1-3H3;(H,6,7). The molecule has 8 nitrogen and oxygen atoms in total. The Balaban J connectivity index is 0.000000633. The number of carboxylic acid groups (broad SMARTS) is 1. The third-order valence-electron chi connectivity index (χ3n) is 4.52. The number of carbonyl (C=O) groups excluding carboxylic acids is 2. The van der Waals surface area contributed by atoms with Crippen LogP contribution in [0.15, 0.2) is 24.3 Å². The average Bonchev–Trinajstić information content (AvgIpc) is 2.76. The number of benzene rings is 1. The predicted octanol–water partition coefficient (Wildman–Crippen LogP) is 2.25. The van der Waals surface area contributed by atoms with Crippen molar-refractivity contribution < 1.29 is 37.4 Å². The van der Waals surface area contributed by atoms with Crippen LogP contribution in [0.3, 0.4) is 0 Å². The molecule has 0 unspecified atom stereocenters. The maximum atomic E-state index is 12.8. The number of nitrogens with one attached hydrogen (secondary N) is 1. The van der Waals surface area contributed by atoms with Crippen molar-refractivity contribution in [3.8, 4) is 5.75 Å². The lowest BCUT2D eigenvalue weighted by molar-refractivity contribution is -0.192. The molecule has 2 rings (SSSR count). The van der Waals surface area contributed by atoms with Gasteiger partial charge in [-0.1, -0.05) is 13.8 Å². The summed E-state index contributed by atoms with van der Waals surface area (Å²) in [5, 5.41) is 10.4. The normalized spacial score (nSPS) is 13.8. The minimum Gasteiger partial charge on any atom is -0.497 e. The van der Waals surface area contributed by atoms with E-state index in [2.05, 4.69) is 19.2 Å². The summed E-state index contributed by atoms with van der Waals surface area (Å²) < 4.78 is 36.9. The highest BCUT2D eigenvalue weighted by molar-refractivity contribution is 5.94. The van der Waals surface area contributed by atoms with Crippen molar-refractivity contribution in [2.75, 3.05) is 46.4 Å². The van der Waals surface area contributed by atoms with Gasteiger partial charge in [0.05, 0.1) is 7.11 Å². The van der Waals surface area contributed by atoms with E-state index >= 15 is 0 Å². The molecule has 1 aliphatic heterocycles. The minimum atomic E-state index is -5.08. The van der Waals surface area contributed by atoms with E-state index in [0.717, 1.165) is 31.9 Å². The molecule has 0 saturated carbocycles. The van der Waals surface area contributed by atoms with E-state index in [4.69, 9.17) is 14.6 Å². The highest BCUT2D eigenvalue weighted by Crippen LogP contribution is 2.15. The summed E-state index contributed by atoms with van der Waals surface area (Å²) in [7, 11) is 1.60. The van der Waals surface area contributed by atoms with E-state index in [9.17, 15) is 22.8 Å². The molecule has 32 heavy (non-hydrogen) atoms. The van der Waals surface area contributed by atoms with Crippen LogP contribution in [0.5, 0.6) is 5.75 Å². The Morgan fingerprint density at radius 1 is 1.16 bits per heavy atom. The van der Waals surface area contributed by atoms with Crippen LogP contribution in [0.1, 0.15) is 30.6 Å². The molecular weight excluding hydrogens is 431 g/mol. The molecular formula is C21H30F3N3O5. The lowest BCUT2D eigenvalue weighted by Crippen LogP contribution is -2.47. The first-order valence-electron chi connectivity index (χ1n) is 10.2. The average molecular weight is 461 g/mol. The lowest BCUT2D eigenvalue weighted by atomic mass is 10.1. The fourth-order valence-corrected chi connectivity index (χ4v) is 2.94. The Morgan fingerprint density at radius 2 is 1.69 bits per heavy atom. The number of carbonyl (C=O) groups is 3. The molecule has 1 aliphatic rings. The van der Waals surface area contributed by atoms with E-state index in [1.165, 1.54) is 0 Å². The van der Waals surface area contributed by atoms with E-state index in [1.807, 2.05) is 4.90 Å². The van der Waals surface area contributed by atoms with Gasteiger partial charge < -0.3 is 25.0 Å². The number of amides is 2. The first-order chi connectivity index (χ1) is 15.0. The van der Waals surface area contributed by atoms with Gasteiger partial charge in [-0.2, -0.15) is 13.2 Å². The Morgan fingerprint density at radius 3 is 2.12 bits per heavy atom. The SMILES string of the molecule is COc1ccc(C(=O)N(CCC(=O)N2CCNCC2)CC(C)C)cc1.O=C(O)C(F)(F)F. The summed E-state index contributed by atoms with van der Waals surface area (Å²) >= 11 is 0. The fraction of sp³-hybridized carbons (Fsp3) is 0.571. The van der Waals surface area contributed by atoms with Crippen molar-refractivity contribution in [2.24, 2.45) is 5.92 Å². The summed E-state index contributed by atoms with van der Waals surface area (Å²) in [6, 6.07) is 7.11. The van der Waals surface area contributed by atoms with Gasteiger partial charge in [0, 0.05) is 51.3 Å². The van der Waals surface area contributed by atoms with Gasteiger partial charge in [-0.05, 0) is 30.2 Å². The van der Waals surface area contributed by atoms with Crippen LogP contribution in [0.2, 0.25) is 0 Å². The van der Waals surface area contributed by atoms with Crippen LogP contribution in [-0.4, -0.2) is 85.2 Å². The maximum Gasteiger partial charge on any atom is 0.490 e. The Labute approximate surface area is 185 Å². The molecule has 0 aromatic heterocycles. The Kier molecular flexibility index (Phi) is 11.0. The smallest absolute Gasteiger partial charge is 0.490 e. The summed E-state index contributed by atoms with van der Waals surface area (Å²) in [5.74, 6) is -1.60. The van der Waals surface area contributed by atoms with Crippen molar-refractivity contribution in [1.29, 1.82) is 0 Å². The number of aliphatic carboxylic acids is 1. The van der Waals surface area contributed by atoms with Gasteiger partial charge in [0.25, 0.3) is 5.91 Å². The van der Waals surface area contributed by atoms with Gasteiger partial charge in [-0.3, -0.25) is 9.59 Å². The van der Waals surface area contributed by atoms with E-state index in [0.29, 0.717) is 31.0 Å². The summed E-state index contributed by atoms with van der Waals surface area (Å²) in [5.41, 5.74) is 0.621. The first-order valence-corrected chi connectivity index (χ1v) is 10.2. The molecule has 1 aromatic carbocycles. The lowest BCUT2D eigenvalue weighted by Gasteiger charge is -2.29. The highest BCUT2D eigenvalue weighted by atomic mass is 19.4. The largest absolute Gasteiger partial charge is 0.497 e. The predicted molar refractivity (Wildman–Crippen MR) is 111 cm³/mol. The van der Waals surface area contributed by atoms with Crippen LogP contribution in [0, 0.1) is 5.92 Å². The molecule has 2 N–H and O–H groups in total. The van der Waals surface area contributed by atoms with Crippen LogP contribution in [-0.2, 0) is 9.59 Å². The van der Waals surface area contributed by atoms with E-state index in [1.54, 1.807) is 36.3 Å². The maximum absolute atomic E-state index is 12.8. The van der Waals surface area contributed by atoms with Gasteiger partial charge in [-0.15, -0.1) is 0 Å². The second-order valence-electron chi connectivity index (χ2n) is 7.56. The Hall–Kier alpha value is -2.82. The zero-order valence-electron chi connectivity index (χ0n) is 18.4. The molecule has 0 aliphatic carbocycles. The molecule has 1 heterocycles. The van der Waals surface area contributed by atoms with Crippen LogP contribution < -0.4 is 10.1 Å². The number of carboxylic acids is 1. The van der Waals surface area contributed by atoms with Gasteiger partial charge in [0.1, 0.15) is 5.75 Å². The van der Waals surface area contributed by atoms with E-state index < -0.39 is 12.1 Å². The molecule has 180 valence electrons. The third kappa shape index (κ3) is 9.54.